The third-order valence-corrected chi connectivity index (χ3v) is 4.43. The molecule has 4 nitrogen and oxygen atoms in total. The molecule has 1 aliphatic heterocycles. The maximum absolute atomic E-state index is 6.01. The summed E-state index contributed by atoms with van der Waals surface area (Å²) in [4.78, 5) is 11.1. The van der Waals surface area contributed by atoms with E-state index in [0.717, 1.165) is 42.7 Å². The van der Waals surface area contributed by atoms with Crippen LogP contribution in [0.25, 0.3) is 0 Å². The van der Waals surface area contributed by atoms with Gasteiger partial charge < -0.3 is 10.2 Å². The van der Waals surface area contributed by atoms with E-state index in [9.17, 15) is 0 Å². The average molecular weight is 331 g/mol. The second kappa shape index (κ2) is 8.16. The summed E-state index contributed by atoms with van der Waals surface area (Å²) in [7, 11) is 0. The molecular weight excluding hydrogens is 308 g/mol. The Morgan fingerprint density at radius 2 is 1.87 bits per heavy atom. The minimum absolute atomic E-state index is 0.785. The van der Waals surface area contributed by atoms with Crippen molar-refractivity contribution in [3.05, 3.63) is 47.2 Å². The first kappa shape index (κ1) is 16.1. The molecule has 0 aliphatic carbocycles. The van der Waals surface area contributed by atoms with E-state index in [2.05, 4.69) is 32.3 Å². The van der Waals surface area contributed by atoms with Gasteiger partial charge in [0.1, 0.15) is 18.0 Å². The van der Waals surface area contributed by atoms with Crippen LogP contribution in [0, 0.1) is 0 Å². The molecular formula is C18H23ClN4. The van der Waals surface area contributed by atoms with Gasteiger partial charge in [0.15, 0.2) is 0 Å². The molecule has 0 atom stereocenters. The first-order valence-corrected chi connectivity index (χ1v) is 8.74. The standard InChI is InChI=1S/C18H23ClN4/c19-16-7-5-6-15(12-16)8-9-20-17-13-18(22-14-21-17)23-10-3-1-2-4-11-23/h5-7,12-14H,1-4,8-11H2,(H,20,21,22). The van der Waals surface area contributed by atoms with Crippen LogP contribution in [0.1, 0.15) is 31.2 Å². The van der Waals surface area contributed by atoms with E-state index in [4.69, 9.17) is 11.6 Å². The van der Waals surface area contributed by atoms with Gasteiger partial charge in [-0.25, -0.2) is 9.97 Å². The molecule has 1 aromatic carbocycles. The van der Waals surface area contributed by atoms with Crippen LogP contribution in [0.15, 0.2) is 36.7 Å². The third-order valence-electron chi connectivity index (χ3n) is 4.19. The zero-order valence-corrected chi connectivity index (χ0v) is 14.1. The Kier molecular flexibility index (Phi) is 5.70. The Labute approximate surface area is 142 Å². The van der Waals surface area contributed by atoms with Crippen LogP contribution in [-0.2, 0) is 6.42 Å². The number of hydrogen-bond donors (Lipinski definition) is 1. The first-order valence-electron chi connectivity index (χ1n) is 8.36. The highest BCUT2D eigenvalue weighted by Gasteiger charge is 2.11. The quantitative estimate of drug-likeness (QED) is 0.893. The lowest BCUT2D eigenvalue weighted by molar-refractivity contribution is 0.726. The molecule has 0 saturated carbocycles. The van der Waals surface area contributed by atoms with Crippen molar-refractivity contribution in [3.8, 4) is 0 Å². The highest BCUT2D eigenvalue weighted by Crippen LogP contribution is 2.19. The van der Waals surface area contributed by atoms with Crippen LogP contribution in [0.2, 0.25) is 5.02 Å². The predicted octanol–water partition coefficient (Wildman–Crippen LogP) is 4.17. The minimum atomic E-state index is 0.785. The molecule has 0 radical (unpaired) electrons. The monoisotopic (exact) mass is 330 g/mol. The van der Waals surface area contributed by atoms with Crippen LogP contribution >= 0.6 is 11.6 Å². The van der Waals surface area contributed by atoms with Crippen molar-refractivity contribution in [1.82, 2.24) is 9.97 Å². The van der Waals surface area contributed by atoms with Crippen molar-refractivity contribution in [3.63, 3.8) is 0 Å². The summed E-state index contributed by atoms with van der Waals surface area (Å²) in [6.07, 6.45) is 7.73. The van der Waals surface area contributed by atoms with E-state index in [1.165, 1.54) is 31.2 Å². The lowest BCUT2D eigenvalue weighted by Gasteiger charge is -2.21. The van der Waals surface area contributed by atoms with Gasteiger partial charge in [0.05, 0.1) is 0 Å². The molecule has 0 amide bonds. The van der Waals surface area contributed by atoms with E-state index in [1.807, 2.05) is 18.2 Å². The van der Waals surface area contributed by atoms with Gasteiger partial charge in [-0.05, 0) is 37.0 Å². The summed E-state index contributed by atoms with van der Waals surface area (Å²) < 4.78 is 0. The van der Waals surface area contributed by atoms with Crippen molar-refractivity contribution in [2.24, 2.45) is 0 Å². The Balaban J connectivity index is 1.56. The number of nitrogens with zero attached hydrogens (tertiary/aromatic N) is 3. The van der Waals surface area contributed by atoms with Gasteiger partial charge in [0.2, 0.25) is 0 Å². The topological polar surface area (TPSA) is 41.0 Å². The summed E-state index contributed by atoms with van der Waals surface area (Å²) in [5.74, 6) is 1.92. The van der Waals surface area contributed by atoms with Gasteiger partial charge >= 0.3 is 0 Å². The molecule has 23 heavy (non-hydrogen) atoms. The molecule has 2 heterocycles. The highest BCUT2D eigenvalue weighted by molar-refractivity contribution is 6.30. The van der Waals surface area contributed by atoms with Gasteiger partial charge in [0.25, 0.3) is 0 Å². The van der Waals surface area contributed by atoms with Crippen molar-refractivity contribution < 1.29 is 0 Å². The van der Waals surface area contributed by atoms with Crippen LogP contribution < -0.4 is 10.2 Å². The number of halogens is 1. The molecule has 0 spiro atoms. The fraction of sp³-hybridized carbons (Fsp3) is 0.444. The van der Waals surface area contributed by atoms with Crippen molar-refractivity contribution in [2.45, 2.75) is 32.1 Å². The van der Waals surface area contributed by atoms with E-state index < -0.39 is 0 Å². The molecule has 1 fully saturated rings. The number of benzene rings is 1. The van der Waals surface area contributed by atoms with E-state index in [0.29, 0.717) is 0 Å². The van der Waals surface area contributed by atoms with Crippen LogP contribution in [0.3, 0.4) is 0 Å². The summed E-state index contributed by atoms with van der Waals surface area (Å²) in [5.41, 5.74) is 1.23. The Hall–Kier alpha value is -1.81. The van der Waals surface area contributed by atoms with E-state index in [-0.39, 0.29) is 0 Å². The number of nitrogens with one attached hydrogen (secondary N) is 1. The number of rotatable bonds is 5. The minimum Gasteiger partial charge on any atom is -0.370 e. The average Bonchev–Trinajstić information content (AvgIpc) is 2.85. The van der Waals surface area contributed by atoms with E-state index >= 15 is 0 Å². The summed E-state index contributed by atoms with van der Waals surface area (Å²) >= 11 is 6.01. The van der Waals surface area contributed by atoms with E-state index in [1.54, 1.807) is 6.33 Å². The van der Waals surface area contributed by atoms with Crippen molar-refractivity contribution in [2.75, 3.05) is 29.9 Å². The summed E-state index contributed by atoms with van der Waals surface area (Å²) in [6, 6.07) is 10.0. The molecule has 2 aromatic rings. The predicted molar refractivity (Wildman–Crippen MR) is 96.4 cm³/mol. The number of anilines is 2. The normalized spacial score (nSPS) is 15.3. The van der Waals surface area contributed by atoms with Gasteiger partial charge in [-0.1, -0.05) is 36.6 Å². The SMILES string of the molecule is Clc1cccc(CCNc2cc(N3CCCCCC3)ncn2)c1. The molecule has 1 aromatic heterocycles. The molecule has 0 unspecified atom stereocenters. The first-order chi connectivity index (χ1) is 11.3. The Bertz CT molecular complexity index is 624. The lowest BCUT2D eigenvalue weighted by atomic mass is 10.1. The lowest BCUT2D eigenvalue weighted by Crippen LogP contribution is -2.25. The number of hydrogen-bond acceptors (Lipinski definition) is 4. The van der Waals surface area contributed by atoms with Crippen molar-refractivity contribution in [1.29, 1.82) is 0 Å². The molecule has 5 heteroatoms. The summed E-state index contributed by atoms with van der Waals surface area (Å²) in [5, 5.41) is 4.17. The van der Waals surface area contributed by atoms with Gasteiger partial charge in [-0.15, -0.1) is 0 Å². The summed E-state index contributed by atoms with van der Waals surface area (Å²) in [6.45, 7) is 3.02. The van der Waals surface area contributed by atoms with Gasteiger partial charge in [-0.3, -0.25) is 0 Å². The molecule has 1 saturated heterocycles. The molecule has 1 N–H and O–H groups in total. The Morgan fingerprint density at radius 3 is 2.65 bits per heavy atom. The number of aromatic nitrogens is 2. The maximum Gasteiger partial charge on any atom is 0.134 e. The van der Waals surface area contributed by atoms with Gasteiger partial charge in [-0.2, -0.15) is 0 Å². The molecule has 0 bridgehead atoms. The fourth-order valence-corrected chi connectivity index (χ4v) is 3.16. The molecule has 122 valence electrons. The second-order valence-corrected chi connectivity index (χ2v) is 6.41. The zero-order valence-electron chi connectivity index (χ0n) is 13.3. The second-order valence-electron chi connectivity index (χ2n) is 5.97. The maximum atomic E-state index is 6.01. The van der Waals surface area contributed by atoms with Crippen LogP contribution in [0.4, 0.5) is 11.6 Å². The fourth-order valence-electron chi connectivity index (χ4n) is 2.94. The highest BCUT2D eigenvalue weighted by atomic mass is 35.5. The Morgan fingerprint density at radius 1 is 1.04 bits per heavy atom. The van der Waals surface area contributed by atoms with Crippen LogP contribution in [0.5, 0.6) is 0 Å². The smallest absolute Gasteiger partial charge is 0.134 e. The zero-order chi connectivity index (χ0) is 15.9. The molecule has 3 rings (SSSR count). The molecule has 1 aliphatic rings. The largest absolute Gasteiger partial charge is 0.370 e. The van der Waals surface area contributed by atoms with Crippen molar-refractivity contribution >= 4 is 23.2 Å². The van der Waals surface area contributed by atoms with Crippen LogP contribution in [-0.4, -0.2) is 29.6 Å². The van der Waals surface area contributed by atoms with Gasteiger partial charge in [0, 0.05) is 30.7 Å². The third kappa shape index (κ3) is 4.83.